The average molecular weight is 606 g/mol. The van der Waals surface area contributed by atoms with E-state index in [2.05, 4.69) is 10.1 Å². The summed E-state index contributed by atoms with van der Waals surface area (Å²) in [5, 5.41) is 27.8. The minimum Gasteiger partial charge on any atom is -0.507 e. The third-order valence-electron chi connectivity index (χ3n) is 8.92. The van der Waals surface area contributed by atoms with Gasteiger partial charge in [0.15, 0.2) is 5.78 Å². The SMILES string of the molecule is Cc1nn(-c2ccccc2)c2c1C(=O)[C@@]1(C)C(=C2)Oc2c(-c3ccc4c(=O)[nH]c(=O)n(CCC(C)C)c4n3)c(O)c(C)c(O)c21. The summed E-state index contributed by atoms with van der Waals surface area (Å²) >= 11 is 0. The number of rotatable bonds is 5. The quantitative estimate of drug-likeness (QED) is 0.256. The minimum absolute atomic E-state index is 0.0764. The number of carbonyl (C=O) groups is 1. The number of allylic oxidation sites excluding steroid dienone is 1. The van der Waals surface area contributed by atoms with Gasteiger partial charge in [0.05, 0.1) is 44.8 Å². The van der Waals surface area contributed by atoms with Crippen molar-refractivity contribution in [3.05, 3.63) is 97.1 Å². The second-order valence-electron chi connectivity index (χ2n) is 12.2. The van der Waals surface area contributed by atoms with Gasteiger partial charge in [0.1, 0.15) is 34.1 Å². The zero-order valence-corrected chi connectivity index (χ0v) is 25.4. The number of hydrogen-bond acceptors (Lipinski definition) is 8. The smallest absolute Gasteiger partial charge is 0.329 e. The second kappa shape index (κ2) is 9.78. The highest BCUT2D eigenvalue weighted by Gasteiger charge is 2.55. The Kier molecular flexibility index (Phi) is 6.16. The van der Waals surface area contributed by atoms with E-state index in [4.69, 9.17) is 9.72 Å². The number of hydrogen-bond donors (Lipinski definition) is 3. The molecule has 45 heavy (non-hydrogen) atoms. The van der Waals surface area contributed by atoms with E-state index in [0.717, 1.165) is 5.69 Å². The molecular formula is C34H31N5O6. The molecule has 7 rings (SSSR count). The van der Waals surface area contributed by atoms with Gasteiger partial charge in [0.25, 0.3) is 5.56 Å². The highest BCUT2D eigenvalue weighted by atomic mass is 16.5. The Labute approximate surface area is 257 Å². The van der Waals surface area contributed by atoms with Crippen LogP contribution in [0.3, 0.4) is 0 Å². The molecule has 0 radical (unpaired) electrons. The standard InChI is InChI=1S/C34H31N5O6/c1-16(2)13-14-38-31-20(32(43)36-33(38)44)11-12-21(35-31)25-27(40)17(3)28(41)26-29(25)45-23-15-22-24(30(42)34(23,26)5)18(4)37-39(22)19-9-7-6-8-10-19/h6-12,15-16,40-41H,13-14H2,1-5H3,(H,36,43,44)/t34-/m0/s1. The number of phenols is 2. The van der Waals surface area contributed by atoms with Gasteiger partial charge in [-0.1, -0.05) is 32.0 Å². The number of ether oxygens (including phenoxy) is 1. The van der Waals surface area contributed by atoms with Gasteiger partial charge in [-0.3, -0.25) is 19.1 Å². The van der Waals surface area contributed by atoms with E-state index >= 15 is 0 Å². The lowest BCUT2D eigenvalue weighted by Gasteiger charge is -2.27. The summed E-state index contributed by atoms with van der Waals surface area (Å²) in [5.74, 6) is -0.238. The number of Topliss-reactive ketones (excluding diaryl/α,β-unsaturated/α-hetero) is 1. The van der Waals surface area contributed by atoms with Crippen molar-refractivity contribution in [3.63, 3.8) is 0 Å². The fourth-order valence-corrected chi connectivity index (χ4v) is 6.36. The summed E-state index contributed by atoms with van der Waals surface area (Å²) in [5.41, 5.74) is 0.502. The molecule has 4 heterocycles. The number of nitrogens with zero attached hydrogens (tertiary/aromatic N) is 4. The number of phenolic OH excluding ortho intramolecular Hbond substituents is 2. The molecule has 0 saturated heterocycles. The molecule has 2 aromatic carbocycles. The summed E-state index contributed by atoms with van der Waals surface area (Å²) in [6.07, 6.45) is 2.42. The lowest BCUT2D eigenvalue weighted by molar-refractivity contribution is 0.0905. The molecule has 228 valence electrons. The first kappa shape index (κ1) is 28.3. The van der Waals surface area contributed by atoms with Crippen LogP contribution in [0.1, 0.15) is 60.1 Å². The largest absolute Gasteiger partial charge is 0.507 e. The number of fused-ring (bicyclic) bond motifs is 5. The van der Waals surface area contributed by atoms with Crippen molar-refractivity contribution in [2.24, 2.45) is 5.92 Å². The third-order valence-corrected chi connectivity index (χ3v) is 8.92. The number of benzene rings is 2. The van der Waals surface area contributed by atoms with E-state index < -0.39 is 16.7 Å². The monoisotopic (exact) mass is 605 g/mol. The van der Waals surface area contributed by atoms with Crippen LogP contribution in [0.15, 0.2) is 57.8 Å². The zero-order valence-electron chi connectivity index (χ0n) is 25.4. The molecule has 11 heteroatoms. The van der Waals surface area contributed by atoms with Crippen molar-refractivity contribution in [1.82, 2.24) is 24.3 Å². The van der Waals surface area contributed by atoms with Gasteiger partial charge in [-0.15, -0.1) is 0 Å². The maximum atomic E-state index is 14.4. The topological polar surface area (TPSA) is 152 Å². The minimum atomic E-state index is -1.43. The number of aromatic amines is 1. The van der Waals surface area contributed by atoms with E-state index in [1.807, 2.05) is 44.2 Å². The first-order valence-corrected chi connectivity index (χ1v) is 14.8. The number of aryl methyl sites for hydroxylation is 2. The molecule has 3 aromatic heterocycles. The highest BCUT2D eigenvalue weighted by Crippen LogP contribution is 2.60. The van der Waals surface area contributed by atoms with Crippen LogP contribution in [0, 0.1) is 19.8 Å². The lowest BCUT2D eigenvalue weighted by atomic mass is 9.71. The van der Waals surface area contributed by atoms with Crippen LogP contribution in [-0.4, -0.2) is 40.3 Å². The number of nitrogens with one attached hydrogen (secondary N) is 1. The number of para-hydroxylation sites is 1. The fraction of sp³-hybridized carbons (Fsp3) is 0.265. The Balaban J connectivity index is 1.47. The molecule has 1 aliphatic heterocycles. The molecule has 0 spiro atoms. The van der Waals surface area contributed by atoms with Crippen molar-refractivity contribution in [1.29, 1.82) is 0 Å². The zero-order chi connectivity index (χ0) is 31.9. The summed E-state index contributed by atoms with van der Waals surface area (Å²) in [7, 11) is 0. The molecule has 5 aromatic rings. The summed E-state index contributed by atoms with van der Waals surface area (Å²) in [6.45, 7) is 9.38. The fourth-order valence-electron chi connectivity index (χ4n) is 6.36. The van der Waals surface area contributed by atoms with Crippen molar-refractivity contribution in [3.8, 4) is 34.2 Å². The van der Waals surface area contributed by atoms with Crippen molar-refractivity contribution in [2.45, 2.75) is 53.0 Å². The molecule has 0 amide bonds. The average Bonchev–Trinajstić information content (AvgIpc) is 3.50. The maximum absolute atomic E-state index is 14.4. The van der Waals surface area contributed by atoms with Gasteiger partial charge < -0.3 is 14.9 Å². The van der Waals surface area contributed by atoms with E-state index in [1.165, 1.54) is 10.6 Å². The Bertz CT molecular complexity index is 2240. The van der Waals surface area contributed by atoms with Crippen molar-refractivity contribution < 1.29 is 19.7 Å². The normalized spacial score (nSPS) is 16.8. The molecule has 0 fully saturated rings. The van der Waals surface area contributed by atoms with Crippen LogP contribution in [0.4, 0.5) is 0 Å². The van der Waals surface area contributed by atoms with Gasteiger partial charge in [0.2, 0.25) is 0 Å². The molecule has 0 bridgehead atoms. The molecule has 11 nitrogen and oxygen atoms in total. The first-order chi connectivity index (χ1) is 21.4. The van der Waals surface area contributed by atoms with Crippen LogP contribution < -0.4 is 16.0 Å². The van der Waals surface area contributed by atoms with E-state index in [9.17, 15) is 24.6 Å². The molecular weight excluding hydrogens is 574 g/mol. The number of ketones is 1. The Morgan fingerprint density at radius 1 is 1.00 bits per heavy atom. The Morgan fingerprint density at radius 3 is 2.44 bits per heavy atom. The predicted octanol–water partition coefficient (Wildman–Crippen LogP) is 4.90. The molecule has 3 N–H and O–H groups in total. The van der Waals surface area contributed by atoms with Crippen molar-refractivity contribution in [2.75, 3.05) is 0 Å². The Morgan fingerprint density at radius 2 is 1.73 bits per heavy atom. The summed E-state index contributed by atoms with van der Waals surface area (Å²) < 4.78 is 9.51. The van der Waals surface area contributed by atoms with Crippen LogP contribution in [0.25, 0.3) is 34.1 Å². The molecule has 0 unspecified atom stereocenters. The number of H-pyrrole nitrogens is 1. The molecule has 2 aliphatic rings. The number of aromatic hydroxyl groups is 2. The molecule has 1 aliphatic carbocycles. The second-order valence-corrected chi connectivity index (χ2v) is 12.2. The predicted molar refractivity (Wildman–Crippen MR) is 168 cm³/mol. The number of pyridine rings is 1. The van der Waals surface area contributed by atoms with Gasteiger partial charge in [0, 0.05) is 18.2 Å². The van der Waals surface area contributed by atoms with Gasteiger partial charge in [-0.2, -0.15) is 5.10 Å². The number of aromatic nitrogens is 5. The summed E-state index contributed by atoms with van der Waals surface area (Å²) in [6, 6.07) is 12.5. The summed E-state index contributed by atoms with van der Waals surface area (Å²) in [4.78, 5) is 47.1. The van der Waals surface area contributed by atoms with E-state index in [1.54, 1.807) is 37.6 Å². The van der Waals surface area contributed by atoms with Crippen molar-refractivity contribution >= 4 is 22.9 Å². The van der Waals surface area contributed by atoms with Crippen LogP contribution in [-0.2, 0) is 12.0 Å². The van der Waals surface area contributed by atoms with Crippen LogP contribution >= 0.6 is 0 Å². The van der Waals surface area contributed by atoms with Gasteiger partial charge in [-0.25, -0.2) is 14.5 Å². The third kappa shape index (κ3) is 3.92. The maximum Gasteiger partial charge on any atom is 0.329 e. The van der Waals surface area contributed by atoms with Crippen LogP contribution in [0.5, 0.6) is 17.2 Å². The highest BCUT2D eigenvalue weighted by molar-refractivity contribution is 6.14. The van der Waals surface area contributed by atoms with E-state index in [0.29, 0.717) is 35.8 Å². The Hall–Kier alpha value is -5.45. The molecule has 0 saturated carbocycles. The first-order valence-electron chi connectivity index (χ1n) is 14.8. The van der Waals surface area contributed by atoms with E-state index in [-0.39, 0.29) is 62.2 Å². The van der Waals surface area contributed by atoms with Gasteiger partial charge >= 0.3 is 5.69 Å². The number of carbonyl (C=O) groups excluding carboxylic acids is 1. The van der Waals surface area contributed by atoms with Crippen LogP contribution in [0.2, 0.25) is 0 Å². The van der Waals surface area contributed by atoms with Gasteiger partial charge in [-0.05, 0) is 57.4 Å². The molecule has 1 atom stereocenters. The lowest BCUT2D eigenvalue weighted by Crippen LogP contribution is -2.36.